The van der Waals surface area contributed by atoms with Gasteiger partial charge in [0.1, 0.15) is 5.03 Å². The Kier molecular flexibility index (Phi) is 8.71. The fourth-order valence-electron chi connectivity index (χ4n) is 1.13. The molecule has 0 fully saturated rings. The first kappa shape index (κ1) is 15.3. The number of aromatic nitrogens is 1. The molecule has 4 nitrogen and oxygen atoms in total. The van der Waals surface area contributed by atoms with Crippen LogP contribution in [-0.4, -0.2) is 36.4 Å². The summed E-state index contributed by atoms with van der Waals surface area (Å²) in [6, 6.07) is 5.80. The number of pyridine rings is 1. The third-order valence-electron chi connectivity index (χ3n) is 1.97. The average molecular weight is 286 g/mol. The lowest BCUT2D eigenvalue weighted by molar-refractivity contribution is -0.120. The molecular weight excluding hydrogens is 268 g/mol. The summed E-state index contributed by atoms with van der Waals surface area (Å²) >= 11 is 0. The Hall–Kier alpha value is -0.720. The summed E-state index contributed by atoms with van der Waals surface area (Å²) in [5.74, 6) is 0.852. The molecule has 0 aromatic carbocycles. The van der Waals surface area contributed by atoms with Gasteiger partial charge in [0.2, 0.25) is 5.91 Å². The van der Waals surface area contributed by atoms with Crippen molar-refractivity contribution in [1.82, 2.24) is 10.3 Å². The minimum Gasteiger partial charge on any atom is -0.380 e. The van der Waals surface area contributed by atoms with Gasteiger partial charge in [-0.15, -0.1) is 0 Å². The van der Waals surface area contributed by atoms with Crippen LogP contribution in [0.3, 0.4) is 0 Å². The second-order valence-corrected chi connectivity index (χ2v) is 5.81. The smallest absolute Gasteiger partial charge is 0.220 e. The van der Waals surface area contributed by atoms with Gasteiger partial charge < -0.3 is 10.1 Å². The fourth-order valence-corrected chi connectivity index (χ4v) is 3.00. The largest absolute Gasteiger partial charge is 0.380 e. The predicted molar refractivity (Wildman–Crippen MR) is 76.7 cm³/mol. The fraction of sp³-hybridized carbons (Fsp3) is 0.500. The second kappa shape index (κ2) is 10.2. The van der Waals surface area contributed by atoms with Gasteiger partial charge >= 0.3 is 0 Å². The molecule has 0 atom stereocenters. The van der Waals surface area contributed by atoms with Crippen LogP contribution >= 0.6 is 21.6 Å². The standard InChI is InChI=1S/C12H18N2O2S2/c1-2-16-9-8-13-11(15)6-10-17-18-12-5-3-4-7-14-12/h3-5,7H,2,6,8-10H2,1H3,(H,13,15). The molecule has 1 heterocycles. The van der Waals surface area contributed by atoms with Gasteiger partial charge in [-0.25, -0.2) is 4.98 Å². The molecule has 0 saturated heterocycles. The summed E-state index contributed by atoms with van der Waals surface area (Å²) in [6.45, 7) is 3.79. The van der Waals surface area contributed by atoms with Gasteiger partial charge in [0.05, 0.1) is 6.61 Å². The molecule has 0 bridgehead atoms. The van der Waals surface area contributed by atoms with E-state index >= 15 is 0 Å². The van der Waals surface area contributed by atoms with Gasteiger partial charge in [-0.05, 0) is 29.9 Å². The molecule has 0 saturated carbocycles. The van der Waals surface area contributed by atoms with E-state index in [0.29, 0.717) is 26.2 Å². The summed E-state index contributed by atoms with van der Waals surface area (Å²) in [5.41, 5.74) is 0. The van der Waals surface area contributed by atoms with Crippen molar-refractivity contribution < 1.29 is 9.53 Å². The Morgan fingerprint density at radius 1 is 1.50 bits per heavy atom. The van der Waals surface area contributed by atoms with Crippen molar-refractivity contribution in [3.63, 3.8) is 0 Å². The van der Waals surface area contributed by atoms with Crippen molar-refractivity contribution in [3.05, 3.63) is 24.4 Å². The summed E-state index contributed by atoms with van der Waals surface area (Å²) in [5, 5.41) is 3.79. The van der Waals surface area contributed by atoms with Crippen LogP contribution in [0.1, 0.15) is 13.3 Å². The lowest BCUT2D eigenvalue weighted by Crippen LogP contribution is -2.27. The normalized spacial score (nSPS) is 10.3. The maximum atomic E-state index is 11.4. The van der Waals surface area contributed by atoms with Crippen LogP contribution in [0.2, 0.25) is 0 Å². The van der Waals surface area contributed by atoms with Crippen LogP contribution in [0, 0.1) is 0 Å². The third kappa shape index (κ3) is 7.58. The molecule has 1 rings (SSSR count). The Bertz CT molecular complexity index is 336. The van der Waals surface area contributed by atoms with E-state index in [0.717, 1.165) is 10.8 Å². The minimum absolute atomic E-state index is 0.0730. The van der Waals surface area contributed by atoms with Crippen LogP contribution in [0.15, 0.2) is 29.4 Å². The Labute approximate surface area is 116 Å². The lowest BCUT2D eigenvalue weighted by Gasteiger charge is -2.04. The van der Waals surface area contributed by atoms with E-state index < -0.39 is 0 Å². The van der Waals surface area contributed by atoms with E-state index in [9.17, 15) is 4.79 Å². The van der Waals surface area contributed by atoms with Crippen LogP contribution in [0.5, 0.6) is 0 Å². The van der Waals surface area contributed by atoms with Crippen molar-refractivity contribution in [2.75, 3.05) is 25.5 Å². The number of hydrogen-bond acceptors (Lipinski definition) is 5. The zero-order valence-electron chi connectivity index (χ0n) is 10.4. The molecule has 100 valence electrons. The highest BCUT2D eigenvalue weighted by Gasteiger charge is 2.01. The van der Waals surface area contributed by atoms with E-state index in [1.165, 1.54) is 0 Å². The zero-order chi connectivity index (χ0) is 13.1. The molecule has 18 heavy (non-hydrogen) atoms. The number of rotatable bonds is 9. The summed E-state index contributed by atoms with van der Waals surface area (Å²) < 4.78 is 5.14. The van der Waals surface area contributed by atoms with E-state index in [1.807, 2.05) is 25.1 Å². The average Bonchev–Trinajstić information content (AvgIpc) is 2.41. The predicted octanol–water partition coefficient (Wildman–Crippen LogP) is 2.36. The maximum Gasteiger partial charge on any atom is 0.220 e. The number of ether oxygens (including phenoxy) is 1. The molecule has 0 spiro atoms. The van der Waals surface area contributed by atoms with E-state index in [2.05, 4.69) is 10.3 Å². The number of hydrogen-bond donors (Lipinski definition) is 1. The van der Waals surface area contributed by atoms with Crippen molar-refractivity contribution in [1.29, 1.82) is 0 Å². The number of carbonyl (C=O) groups is 1. The molecular formula is C12H18N2O2S2. The molecule has 1 amide bonds. The first-order valence-electron chi connectivity index (χ1n) is 5.88. The van der Waals surface area contributed by atoms with Crippen LogP contribution in [0.25, 0.3) is 0 Å². The van der Waals surface area contributed by atoms with Crippen LogP contribution < -0.4 is 5.32 Å². The van der Waals surface area contributed by atoms with Gasteiger partial charge in [0.15, 0.2) is 0 Å². The Morgan fingerprint density at radius 2 is 2.39 bits per heavy atom. The number of nitrogens with zero attached hydrogens (tertiary/aromatic N) is 1. The molecule has 1 N–H and O–H groups in total. The maximum absolute atomic E-state index is 11.4. The van der Waals surface area contributed by atoms with Crippen molar-refractivity contribution in [2.45, 2.75) is 18.4 Å². The highest BCUT2D eigenvalue weighted by atomic mass is 33.1. The quantitative estimate of drug-likeness (QED) is 0.558. The molecule has 1 aromatic rings. The van der Waals surface area contributed by atoms with Crippen molar-refractivity contribution in [3.8, 4) is 0 Å². The van der Waals surface area contributed by atoms with Crippen LogP contribution in [-0.2, 0) is 9.53 Å². The number of amides is 1. The minimum atomic E-state index is 0.0730. The SMILES string of the molecule is CCOCCNC(=O)CCSSc1ccccn1. The van der Waals surface area contributed by atoms with Gasteiger partial charge in [-0.2, -0.15) is 0 Å². The zero-order valence-corrected chi connectivity index (χ0v) is 12.1. The molecule has 0 unspecified atom stereocenters. The summed E-state index contributed by atoms with van der Waals surface area (Å²) in [4.78, 5) is 15.6. The van der Waals surface area contributed by atoms with Crippen molar-refractivity contribution in [2.24, 2.45) is 0 Å². The monoisotopic (exact) mass is 286 g/mol. The molecule has 1 aromatic heterocycles. The Balaban J connectivity index is 1.99. The van der Waals surface area contributed by atoms with Crippen molar-refractivity contribution >= 4 is 27.5 Å². The van der Waals surface area contributed by atoms with Crippen LogP contribution in [0.4, 0.5) is 0 Å². The number of carbonyl (C=O) groups excluding carboxylic acids is 1. The first-order chi connectivity index (χ1) is 8.83. The lowest BCUT2D eigenvalue weighted by atomic mass is 10.4. The summed E-state index contributed by atoms with van der Waals surface area (Å²) in [7, 11) is 3.24. The second-order valence-electron chi connectivity index (χ2n) is 3.37. The summed E-state index contributed by atoms with van der Waals surface area (Å²) in [6.07, 6.45) is 2.29. The van der Waals surface area contributed by atoms with Gasteiger partial charge in [0.25, 0.3) is 0 Å². The highest BCUT2D eigenvalue weighted by Crippen LogP contribution is 2.29. The van der Waals surface area contributed by atoms with Gasteiger partial charge in [0, 0.05) is 31.5 Å². The van der Waals surface area contributed by atoms with Gasteiger partial charge in [-0.1, -0.05) is 16.9 Å². The van der Waals surface area contributed by atoms with E-state index in [-0.39, 0.29) is 5.91 Å². The van der Waals surface area contributed by atoms with E-state index in [1.54, 1.807) is 27.8 Å². The van der Waals surface area contributed by atoms with E-state index in [4.69, 9.17) is 4.74 Å². The highest BCUT2D eigenvalue weighted by molar-refractivity contribution is 8.76. The molecule has 0 radical (unpaired) electrons. The molecule has 0 aliphatic rings. The topological polar surface area (TPSA) is 51.2 Å². The molecule has 0 aliphatic heterocycles. The Morgan fingerprint density at radius 3 is 3.11 bits per heavy atom. The van der Waals surface area contributed by atoms with Gasteiger partial charge in [-0.3, -0.25) is 4.79 Å². The molecule has 6 heteroatoms. The first-order valence-corrected chi connectivity index (χ1v) is 8.19. The third-order valence-corrected chi connectivity index (χ3v) is 4.23. The number of nitrogens with one attached hydrogen (secondary N) is 1. The molecule has 0 aliphatic carbocycles.